The summed E-state index contributed by atoms with van der Waals surface area (Å²) in [5, 5.41) is 7.34. The smallest absolute Gasteiger partial charge is 0.144 e. The van der Waals surface area contributed by atoms with Crippen LogP contribution in [0.5, 0.6) is 0 Å². The lowest BCUT2D eigenvalue weighted by atomic mass is 9.65. The van der Waals surface area contributed by atoms with Crippen LogP contribution in [0.25, 0.3) is 33.9 Å². The van der Waals surface area contributed by atoms with Crippen LogP contribution in [-0.4, -0.2) is 23.1 Å². The van der Waals surface area contributed by atoms with Gasteiger partial charge in [-0.1, -0.05) is 110 Å². The van der Waals surface area contributed by atoms with Crippen LogP contribution in [-0.2, 0) is 0 Å². The highest BCUT2D eigenvalue weighted by atomic mass is 15.1. The van der Waals surface area contributed by atoms with Gasteiger partial charge in [0.15, 0.2) is 0 Å². The Labute approximate surface area is 337 Å². The summed E-state index contributed by atoms with van der Waals surface area (Å²) in [6.45, 7) is 25.3. The Morgan fingerprint density at radius 3 is 2.09 bits per heavy atom. The monoisotopic (exact) mass is 742 g/mol. The van der Waals surface area contributed by atoms with Gasteiger partial charge in [-0.2, -0.15) is 0 Å². The Bertz CT molecular complexity index is 2330. The molecule has 4 aromatic carbocycles. The van der Waals surface area contributed by atoms with Crippen LogP contribution in [0.3, 0.4) is 0 Å². The van der Waals surface area contributed by atoms with E-state index in [0.29, 0.717) is 5.92 Å². The molecule has 2 atom stereocenters. The van der Waals surface area contributed by atoms with Gasteiger partial charge in [0.2, 0.25) is 0 Å². The summed E-state index contributed by atoms with van der Waals surface area (Å²) in [7, 11) is 2.01. The molecule has 2 aliphatic rings. The second-order valence-electron chi connectivity index (χ2n) is 16.3. The maximum atomic E-state index is 4.59. The fourth-order valence-corrected chi connectivity index (χ4v) is 9.29. The van der Waals surface area contributed by atoms with Crippen molar-refractivity contribution in [2.75, 3.05) is 13.6 Å². The second-order valence-corrected chi connectivity index (χ2v) is 16.3. The summed E-state index contributed by atoms with van der Waals surface area (Å²) in [6.07, 6.45) is 15.6. The maximum Gasteiger partial charge on any atom is 0.144 e. The minimum absolute atomic E-state index is 0.0790. The predicted octanol–water partition coefficient (Wildman–Crippen LogP) is 12.7. The van der Waals surface area contributed by atoms with E-state index in [4.69, 9.17) is 0 Å². The molecule has 2 heterocycles. The molecule has 2 unspecified atom stereocenters. The van der Waals surface area contributed by atoms with Crippen molar-refractivity contribution in [1.82, 2.24) is 20.2 Å². The summed E-state index contributed by atoms with van der Waals surface area (Å²) >= 11 is 0. The topological polar surface area (TPSA) is 41.9 Å². The summed E-state index contributed by atoms with van der Waals surface area (Å²) in [6, 6.07) is 24.3. The highest BCUT2D eigenvalue weighted by molar-refractivity contribution is 6.11. The molecule has 4 heteroatoms. The van der Waals surface area contributed by atoms with E-state index in [1.807, 2.05) is 19.4 Å². The lowest BCUT2D eigenvalue weighted by Crippen LogP contribution is -2.36. The van der Waals surface area contributed by atoms with E-state index in [2.05, 4.69) is 187 Å². The average molecular weight is 743 g/mol. The van der Waals surface area contributed by atoms with Crippen LogP contribution in [0.1, 0.15) is 94.8 Å². The normalized spacial score (nSPS) is 16.8. The van der Waals surface area contributed by atoms with Gasteiger partial charge in [0.05, 0.1) is 5.69 Å². The van der Waals surface area contributed by atoms with Crippen molar-refractivity contribution in [3.8, 4) is 17.1 Å². The fraction of sp³-hybridized carbons (Fsp3) is 0.327. The summed E-state index contributed by atoms with van der Waals surface area (Å²) < 4.78 is 2.20. The first-order valence-electron chi connectivity index (χ1n) is 20.4. The summed E-state index contributed by atoms with van der Waals surface area (Å²) in [5.41, 5.74) is 22.4. The quantitative estimate of drug-likeness (QED) is 0.156. The Hall–Kier alpha value is -5.19. The number of rotatable bonds is 8. The SMILES string of the molecule is CC=CC(C)(CC)C1CC=C(c2c(C)cccc2C)C2=C1N/C(=C\CNC)c1c(C)cc(C)cc12.Cc1cc(C)c(-n2ccnc2-c2ccccc2C)c(C)c1. The number of imidazole rings is 1. The van der Waals surface area contributed by atoms with E-state index >= 15 is 0 Å². The molecule has 0 spiro atoms. The zero-order valence-electron chi connectivity index (χ0n) is 35.9. The molecule has 0 saturated carbocycles. The van der Waals surface area contributed by atoms with Crippen LogP contribution in [0.15, 0.2) is 109 Å². The minimum atomic E-state index is 0.0790. The molecule has 5 aromatic rings. The molecule has 1 aromatic heterocycles. The number of nitrogens with one attached hydrogen (secondary N) is 2. The zero-order valence-corrected chi connectivity index (χ0v) is 35.9. The van der Waals surface area contributed by atoms with Crippen molar-refractivity contribution in [2.45, 2.75) is 89.0 Å². The third kappa shape index (κ3) is 7.77. The Balaban J connectivity index is 0.000000215. The van der Waals surface area contributed by atoms with Crippen molar-refractivity contribution < 1.29 is 0 Å². The molecule has 0 bridgehead atoms. The van der Waals surface area contributed by atoms with E-state index in [0.717, 1.165) is 25.2 Å². The Morgan fingerprint density at radius 2 is 1.45 bits per heavy atom. The van der Waals surface area contributed by atoms with Gasteiger partial charge in [-0.15, -0.1) is 0 Å². The predicted molar refractivity (Wildman–Crippen MR) is 241 cm³/mol. The van der Waals surface area contributed by atoms with Gasteiger partial charge in [0.1, 0.15) is 5.82 Å². The summed E-state index contributed by atoms with van der Waals surface area (Å²) in [5.74, 6) is 1.39. The number of hydrogen-bond donors (Lipinski definition) is 2. The lowest BCUT2D eigenvalue weighted by molar-refractivity contribution is 0.277. The molecule has 4 nitrogen and oxygen atoms in total. The molecule has 0 fully saturated rings. The van der Waals surface area contributed by atoms with E-state index in [1.165, 1.54) is 95.0 Å². The van der Waals surface area contributed by atoms with Crippen LogP contribution in [0.4, 0.5) is 0 Å². The van der Waals surface area contributed by atoms with Gasteiger partial charge in [0, 0.05) is 53.0 Å². The lowest BCUT2D eigenvalue weighted by Gasteiger charge is -2.43. The maximum absolute atomic E-state index is 4.59. The van der Waals surface area contributed by atoms with Gasteiger partial charge in [-0.3, -0.25) is 4.57 Å². The molecule has 56 heavy (non-hydrogen) atoms. The van der Waals surface area contributed by atoms with Crippen LogP contribution < -0.4 is 10.6 Å². The number of likely N-dealkylation sites (N-methyl/N-ethyl adjacent to an activating group) is 1. The highest BCUT2D eigenvalue weighted by Gasteiger charge is 2.40. The number of benzene rings is 4. The number of hydrogen-bond acceptors (Lipinski definition) is 3. The number of aryl methyl sites for hydroxylation is 8. The van der Waals surface area contributed by atoms with Crippen molar-refractivity contribution in [3.05, 3.63) is 170 Å². The van der Waals surface area contributed by atoms with Gasteiger partial charge in [-0.05, 0) is 144 Å². The van der Waals surface area contributed by atoms with Crippen LogP contribution in [0.2, 0.25) is 0 Å². The molecule has 1 aliphatic carbocycles. The second kappa shape index (κ2) is 16.9. The Kier molecular flexibility index (Phi) is 12.2. The third-order valence-corrected chi connectivity index (χ3v) is 12.0. The van der Waals surface area contributed by atoms with E-state index in [1.54, 1.807) is 0 Å². The molecular weight excluding hydrogens is 681 g/mol. The first-order chi connectivity index (χ1) is 26.8. The molecule has 2 N–H and O–H groups in total. The number of nitrogens with zero attached hydrogens (tertiary/aromatic N) is 2. The van der Waals surface area contributed by atoms with Crippen molar-refractivity contribution >= 4 is 16.8 Å². The molecule has 7 rings (SSSR count). The van der Waals surface area contributed by atoms with Gasteiger partial charge < -0.3 is 10.6 Å². The fourth-order valence-electron chi connectivity index (χ4n) is 9.29. The third-order valence-electron chi connectivity index (χ3n) is 12.0. The van der Waals surface area contributed by atoms with Gasteiger partial charge in [-0.25, -0.2) is 4.98 Å². The first kappa shape index (κ1) is 40.5. The molecular formula is C52H62N4. The molecule has 0 amide bonds. The average Bonchev–Trinajstić information content (AvgIpc) is 3.62. The van der Waals surface area contributed by atoms with Crippen LogP contribution >= 0.6 is 0 Å². The number of allylic oxidation sites excluding steroid dienone is 6. The first-order valence-corrected chi connectivity index (χ1v) is 20.4. The minimum Gasteiger partial charge on any atom is -0.358 e. The van der Waals surface area contributed by atoms with E-state index in [-0.39, 0.29) is 5.41 Å². The largest absolute Gasteiger partial charge is 0.358 e. The van der Waals surface area contributed by atoms with Crippen LogP contribution in [0, 0.1) is 66.7 Å². The van der Waals surface area contributed by atoms with E-state index < -0.39 is 0 Å². The van der Waals surface area contributed by atoms with Crippen molar-refractivity contribution in [1.29, 1.82) is 0 Å². The molecule has 0 radical (unpaired) electrons. The summed E-state index contributed by atoms with van der Waals surface area (Å²) in [4.78, 5) is 4.59. The standard InChI is InChI=1S/C33H42N2.C19H20N2/c1-9-17-33(7,10-2)27-15-14-25(29-22(4)12-11-13-23(29)5)31-26-20-21(3)19-24(6)30(26)28(16-18-34-8)35-32(27)31;1-13-11-15(3)18(16(4)12-13)21-10-9-20-19(21)17-8-6-5-7-14(17)2/h9,11-14,16-17,19-20,27,34-35H,10,15,18H2,1-8H3;5-12H,1-4H3/b17-9?,28-16-;. The zero-order chi connectivity index (χ0) is 40.3. The number of fused-ring (bicyclic) bond motifs is 2. The Morgan fingerprint density at radius 1 is 0.804 bits per heavy atom. The molecule has 1 aliphatic heterocycles. The van der Waals surface area contributed by atoms with E-state index in [9.17, 15) is 0 Å². The van der Waals surface area contributed by atoms with Crippen molar-refractivity contribution in [2.24, 2.45) is 11.3 Å². The highest BCUT2D eigenvalue weighted by Crippen LogP contribution is 2.53. The molecule has 290 valence electrons. The van der Waals surface area contributed by atoms with Crippen molar-refractivity contribution in [3.63, 3.8) is 0 Å². The van der Waals surface area contributed by atoms with Gasteiger partial charge >= 0.3 is 0 Å². The molecule has 0 saturated heterocycles. The number of aromatic nitrogens is 2. The van der Waals surface area contributed by atoms with Gasteiger partial charge in [0.25, 0.3) is 0 Å².